The second-order valence-corrected chi connectivity index (χ2v) is 7.18. The van der Waals surface area contributed by atoms with E-state index in [0.717, 1.165) is 37.9 Å². The summed E-state index contributed by atoms with van der Waals surface area (Å²) in [5.74, 6) is 0. The average Bonchev–Trinajstić information content (AvgIpc) is 2.88. The quantitative estimate of drug-likeness (QED) is 0.898. The van der Waals surface area contributed by atoms with Gasteiger partial charge in [0.25, 0.3) is 0 Å². The summed E-state index contributed by atoms with van der Waals surface area (Å²) in [6, 6.07) is 6.79. The largest absolute Gasteiger partial charge is 0.378 e. The molecule has 2 unspecified atom stereocenters. The first-order valence-electron chi connectivity index (χ1n) is 6.64. The van der Waals surface area contributed by atoms with Gasteiger partial charge in [0.1, 0.15) is 0 Å². The lowest BCUT2D eigenvalue weighted by Gasteiger charge is -2.15. The fourth-order valence-electron chi connectivity index (χ4n) is 2.37. The summed E-state index contributed by atoms with van der Waals surface area (Å²) in [5, 5.41) is 0. The van der Waals surface area contributed by atoms with Gasteiger partial charge in [-0.2, -0.15) is 0 Å². The maximum absolute atomic E-state index is 11.4. The molecule has 1 heterocycles. The van der Waals surface area contributed by atoms with E-state index < -0.39 is 9.84 Å². The Kier molecular flexibility index (Phi) is 4.60. The van der Waals surface area contributed by atoms with Gasteiger partial charge in [0.15, 0.2) is 9.84 Å². The van der Waals surface area contributed by atoms with Crippen LogP contribution in [0.3, 0.4) is 0 Å². The monoisotopic (exact) mass is 283 g/mol. The molecule has 1 saturated heterocycles. The van der Waals surface area contributed by atoms with Crippen LogP contribution in [0.1, 0.15) is 37.3 Å². The van der Waals surface area contributed by atoms with Crippen molar-refractivity contribution in [3.05, 3.63) is 29.8 Å². The van der Waals surface area contributed by atoms with E-state index >= 15 is 0 Å². The maximum atomic E-state index is 11.4. The van der Waals surface area contributed by atoms with Gasteiger partial charge in [-0.05, 0) is 43.4 Å². The number of benzene rings is 1. The van der Waals surface area contributed by atoms with Gasteiger partial charge in [-0.25, -0.2) is 8.42 Å². The van der Waals surface area contributed by atoms with Crippen molar-refractivity contribution in [2.45, 2.75) is 42.7 Å². The zero-order chi connectivity index (χ0) is 13.9. The molecule has 0 saturated carbocycles. The summed E-state index contributed by atoms with van der Waals surface area (Å²) in [7, 11) is -3.13. The fraction of sp³-hybridized carbons (Fsp3) is 0.571. The summed E-state index contributed by atoms with van der Waals surface area (Å²) >= 11 is 0. The predicted octanol–water partition coefficient (Wildman–Crippen LogP) is 2.05. The highest BCUT2D eigenvalue weighted by Gasteiger charge is 2.17. The van der Waals surface area contributed by atoms with Crippen LogP contribution in [0.4, 0.5) is 0 Å². The van der Waals surface area contributed by atoms with Crippen molar-refractivity contribution in [2.24, 2.45) is 5.73 Å². The summed E-state index contributed by atoms with van der Waals surface area (Å²) in [6.45, 7) is 0.864. The van der Waals surface area contributed by atoms with E-state index in [1.54, 1.807) is 24.3 Å². The molecule has 19 heavy (non-hydrogen) atoms. The standard InChI is InChI=1S/C14H21NO3S/c1-19(16,17)13-7-4-11(5-8-13)14(15)9-6-12-3-2-10-18-12/h4-5,7-8,12,14H,2-3,6,9-10,15H2,1H3. The maximum Gasteiger partial charge on any atom is 0.175 e. The molecule has 2 rings (SSSR count). The topological polar surface area (TPSA) is 69.4 Å². The number of rotatable bonds is 5. The van der Waals surface area contributed by atoms with Crippen LogP contribution in [0.2, 0.25) is 0 Å². The molecule has 0 aromatic heterocycles. The first-order chi connectivity index (χ1) is 8.97. The van der Waals surface area contributed by atoms with Crippen molar-refractivity contribution in [3.63, 3.8) is 0 Å². The number of hydrogen-bond acceptors (Lipinski definition) is 4. The molecule has 106 valence electrons. The van der Waals surface area contributed by atoms with Gasteiger partial charge >= 0.3 is 0 Å². The Hall–Kier alpha value is -0.910. The molecule has 5 heteroatoms. The highest BCUT2D eigenvalue weighted by atomic mass is 32.2. The summed E-state index contributed by atoms with van der Waals surface area (Å²) in [6.07, 6.45) is 5.65. The molecule has 4 nitrogen and oxygen atoms in total. The van der Waals surface area contributed by atoms with Gasteiger partial charge in [-0.1, -0.05) is 12.1 Å². The van der Waals surface area contributed by atoms with E-state index in [0.29, 0.717) is 11.0 Å². The first kappa shape index (κ1) is 14.5. The number of ether oxygens (including phenoxy) is 1. The SMILES string of the molecule is CS(=O)(=O)c1ccc(C(N)CCC2CCCO2)cc1. The smallest absolute Gasteiger partial charge is 0.175 e. The van der Waals surface area contributed by atoms with Gasteiger partial charge < -0.3 is 10.5 Å². The highest BCUT2D eigenvalue weighted by molar-refractivity contribution is 7.90. The zero-order valence-electron chi connectivity index (χ0n) is 11.2. The third kappa shape index (κ3) is 4.03. The molecule has 2 N–H and O–H groups in total. The van der Waals surface area contributed by atoms with Crippen LogP contribution < -0.4 is 5.73 Å². The Morgan fingerprint density at radius 3 is 2.58 bits per heavy atom. The summed E-state index contributed by atoms with van der Waals surface area (Å²) < 4.78 is 28.3. The Balaban J connectivity index is 1.93. The van der Waals surface area contributed by atoms with Crippen molar-refractivity contribution in [2.75, 3.05) is 12.9 Å². The lowest BCUT2D eigenvalue weighted by Crippen LogP contribution is -2.14. The molecule has 0 aliphatic carbocycles. The Bertz CT molecular complexity index is 504. The van der Waals surface area contributed by atoms with E-state index in [1.807, 2.05) is 0 Å². The van der Waals surface area contributed by atoms with Crippen molar-refractivity contribution in [1.82, 2.24) is 0 Å². The van der Waals surface area contributed by atoms with Crippen LogP contribution >= 0.6 is 0 Å². The minimum Gasteiger partial charge on any atom is -0.378 e. The van der Waals surface area contributed by atoms with Crippen molar-refractivity contribution >= 4 is 9.84 Å². The first-order valence-corrected chi connectivity index (χ1v) is 8.53. The molecule has 0 radical (unpaired) electrons. The zero-order valence-corrected chi connectivity index (χ0v) is 12.0. The van der Waals surface area contributed by atoms with E-state index in [-0.39, 0.29) is 6.04 Å². The predicted molar refractivity (Wildman–Crippen MR) is 74.7 cm³/mol. The molecule has 1 aromatic carbocycles. The Morgan fingerprint density at radius 1 is 1.37 bits per heavy atom. The van der Waals surface area contributed by atoms with E-state index in [1.165, 1.54) is 6.26 Å². The summed E-state index contributed by atoms with van der Waals surface area (Å²) in [4.78, 5) is 0.336. The molecule has 1 fully saturated rings. The number of hydrogen-bond donors (Lipinski definition) is 1. The fourth-order valence-corrected chi connectivity index (χ4v) is 3.00. The van der Waals surface area contributed by atoms with Crippen LogP contribution in [-0.4, -0.2) is 27.4 Å². The lowest BCUT2D eigenvalue weighted by molar-refractivity contribution is 0.101. The lowest BCUT2D eigenvalue weighted by atomic mass is 10.0. The molecule has 1 aliphatic heterocycles. The van der Waals surface area contributed by atoms with E-state index in [2.05, 4.69) is 0 Å². The second kappa shape index (κ2) is 6.03. The normalized spacial score (nSPS) is 21.5. The van der Waals surface area contributed by atoms with Crippen LogP contribution in [0.15, 0.2) is 29.2 Å². The minimum atomic E-state index is -3.13. The van der Waals surface area contributed by atoms with Crippen molar-refractivity contribution in [3.8, 4) is 0 Å². The minimum absolute atomic E-state index is 0.0576. The van der Waals surface area contributed by atoms with E-state index in [4.69, 9.17) is 10.5 Å². The van der Waals surface area contributed by atoms with Gasteiger partial charge in [0.2, 0.25) is 0 Å². The molecule has 0 spiro atoms. The van der Waals surface area contributed by atoms with Crippen LogP contribution in [-0.2, 0) is 14.6 Å². The Labute approximate surface area is 114 Å². The van der Waals surface area contributed by atoms with Crippen LogP contribution in [0, 0.1) is 0 Å². The molecule has 1 aliphatic rings. The highest BCUT2D eigenvalue weighted by Crippen LogP contribution is 2.23. The average molecular weight is 283 g/mol. The van der Waals surface area contributed by atoms with Gasteiger partial charge in [0, 0.05) is 18.9 Å². The third-order valence-electron chi connectivity index (χ3n) is 3.56. The number of sulfone groups is 1. The van der Waals surface area contributed by atoms with E-state index in [9.17, 15) is 8.42 Å². The van der Waals surface area contributed by atoms with Crippen LogP contribution in [0.25, 0.3) is 0 Å². The van der Waals surface area contributed by atoms with Gasteiger partial charge in [0.05, 0.1) is 11.0 Å². The van der Waals surface area contributed by atoms with Gasteiger partial charge in [-0.3, -0.25) is 0 Å². The number of nitrogens with two attached hydrogens (primary N) is 1. The molecule has 1 aromatic rings. The molecular weight excluding hydrogens is 262 g/mol. The molecule has 0 amide bonds. The van der Waals surface area contributed by atoms with Crippen molar-refractivity contribution < 1.29 is 13.2 Å². The molecule has 0 bridgehead atoms. The molecular formula is C14H21NO3S. The molecule has 2 atom stereocenters. The third-order valence-corrected chi connectivity index (χ3v) is 4.69. The van der Waals surface area contributed by atoms with Crippen molar-refractivity contribution in [1.29, 1.82) is 0 Å². The summed E-state index contributed by atoms with van der Waals surface area (Å²) in [5.41, 5.74) is 7.10. The van der Waals surface area contributed by atoms with Gasteiger partial charge in [-0.15, -0.1) is 0 Å². The second-order valence-electron chi connectivity index (χ2n) is 5.16. The Morgan fingerprint density at radius 2 is 2.05 bits per heavy atom. The van der Waals surface area contributed by atoms with Crippen LogP contribution in [0.5, 0.6) is 0 Å².